The number of amides is 2. The molecule has 1 aliphatic carbocycles. The number of halogens is 1. The summed E-state index contributed by atoms with van der Waals surface area (Å²) in [6, 6.07) is 16.0. The van der Waals surface area contributed by atoms with Crippen molar-refractivity contribution in [1.29, 1.82) is 5.26 Å². The molecule has 5 rings (SSSR count). The van der Waals surface area contributed by atoms with Crippen LogP contribution in [0.25, 0.3) is 23.0 Å². The topological polar surface area (TPSA) is 88.2 Å². The lowest BCUT2D eigenvalue weighted by molar-refractivity contribution is -0.143. The number of para-hydroxylation sites is 1. The molecule has 8 heteroatoms. The lowest BCUT2D eigenvalue weighted by Crippen LogP contribution is -2.47. The third kappa shape index (κ3) is 5.20. The molecule has 0 unspecified atom stereocenters. The number of rotatable bonds is 8. The van der Waals surface area contributed by atoms with Gasteiger partial charge in [-0.1, -0.05) is 44.4 Å². The third-order valence-electron chi connectivity index (χ3n) is 7.49. The molecule has 0 atom stereocenters. The van der Waals surface area contributed by atoms with Crippen LogP contribution in [0.15, 0.2) is 71.4 Å². The summed E-state index contributed by atoms with van der Waals surface area (Å²) < 4.78 is 22.3. The van der Waals surface area contributed by atoms with Crippen molar-refractivity contribution in [3.63, 3.8) is 0 Å². The number of imide groups is 1. The number of carbonyl (C=O) groups excluding carboxylic acids is 2. The van der Waals surface area contributed by atoms with Gasteiger partial charge in [0.1, 0.15) is 17.3 Å². The number of nitriles is 1. The minimum atomic E-state index is -0.532. The van der Waals surface area contributed by atoms with E-state index in [4.69, 9.17) is 9.84 Å². The second kappa shape index (κ2) is 11.7. The first-order valence-electron chi connectivity index (χ1n) is 13.7. The number of ether oxygens (including phenoxy) is 1. The molecule has 0 spiro atoms. The Kier molecular flexibility index (Phi) is 7.92. The number of hydrogen-bond donors (Lipinski definition) is 0. The number of carbonyl (C=O) groups is 2. The summed E-state index contributed by atoms with van der Waals surface area (Å²) in [6.45, 7) is 4.09. The minimum absolute atomic E-state index is 0.0330. The summed E-state index contributed by atoms with van der Waals surface area (Å²) in [4.78, 5) is 28.1. The molecule has 40 heavy (non-hydrogen) atoms. The van der Waals surface area contributed by atoms with Crippen molar-refractivity contribution >= 4 is 17.9 Å². The first kappa shape index (κ1) is 27.1. The van der Waals surface area contributed by atoms with Crippen LogP contribution in [-0.4, -0.2) is 39.1 Å². The van der Waals surface area contributed by atoms with Gasteiger partial charge in [0.05, 0.1) is 12.3 Å². The van der Waals surface area contributed by atoms with E-state index in [0.29, 0.717) is 29.0 Å². The minimum Gasteiger partial charge on any atom is -0.491 e. The molecule has 2 aromatic carbocycles. The standard InChI is InChI=1S/C32H31FN4O3/c1-3-4-16-40-29-15-14-22(18-28(29)33)30-23(20-36(35-30)24-10-6-5-7-11-24)17-26-21(2)27(19-34)32(39)37(31(26)38)25-12-8-9-13-25/h5-7,10-11,14-15,17-18,20,25H,3-4,8-9,12-13,16H2,1-2H3/b26-17+. The summed E-state index contributed by atoms with van der Waals surface area (Å²) in [5.74, 6) is -1.28. The molecule has 1 aliphatic heterocycles. The number of hydrogen-bond acceptors (Lipinski definition) is 5. The zero-order valence-electron chi connectivity index (χ0n) is 22.7. The third-order valence-corrected chi connectivity index (χ3v) is 7.49. The smallest absolute Gasteiger partial charge is 0.271 e. The molecule has 0 saturated heterocycles. The highest BCUT2D eigenvalue weighted by atomic mass is 19.1. The maximum absolute atomic E-state index is 15.1. The zero-order chi connectivity index (χ0) is 28.2. The molecule has 2 aliphatic rings. The summed E-state index contributed by atoms with van der Waals surface area (Å²) in [5.41, 5.74) is 2.87. The van der Waals surface area contributed by atoms with Crippen LogP contribution in [0.3, 0.4) is 0 Å². The number of unbranched alkanes of at least 4 members (excludes halogenated alkanes) is 1. The van der Waals surface area contributed by atoms with E-state index in [1.807, 2.05) is 43.3 Å². The maximum Gasteiger partial charge on any atom is 0.271 e. The lowest BCUT2D eigenvalue weighted by atomic mass is 9.92. The molecule has 2 amide bonds. The Hall–Kier alpha value is -4.51. The van der Waals surface area contributed by atoms with Crippen molar-refractivity contribution in [2.75, 3.05) is 6.61 Å². The highest BCUT2D eigenvalue weighted by Crippen LogP contribution is 2.35. The van der Waals surface area contributed by atoms with Gasteiger partial charge in [-0.05, 0) is 68.2 Å². The summed E-state index contributed by atoms with van der Waals surface area (Å²) in [5, 5.41) is 14.6. The van der Waals surface area contributed by atoms with Crippen LogP contribution >= 0.6 is 0 Å². The van der Waals surface area contributed by atoms with Gasteiger partial charge in [-0.3, -0.25) is 14.5 Å². The Morgan fingerprint density at radius 2 is 1.88 bits per heavy atom. The molecule has 204 valence electrons. The maximum atomic E-state index is 15.1. The Labute approximate surface area is 233 Å². The Morgan fingerprint density at radius 3 is 2.55 bits per heavy atom. The van der Waals surface area contributed by atoms with E-state index in [1.54, 1.807) is 36.0 Å². The van der Waals surface area contributed by atoms with Crippen LogP contribution in [0, 0.1) is 17.1 Å². The van der Waals surface area contributed by atoms with Crippen molar-refractivity contribution in [2.24, 2.45) is 0 Å². The fourth-order valence-corrected chi connectivity index (χ4v) is 5.27. The van der Waals surface area contributed by atoms with Crippen LogP contribution in [-0.2, 0) is 9.59 Å². The average molecular weight is 539 g/mol. The molecule has 0 radical (unpaired) electrons. The molecule has 7 nitrogen and oxygen atoms in total. The van der Waals surface area contributed by atoms with Gasteiger partial charge in [-0.15, -0.1) is 0 Å². The van der Waals surface area contributed by atoms with Gasteiger partial charge < -0.3 is 4.74 Å². The number of aromatic nitrogens is 2. The Balaban J connectivity index is 1.62. The van der Waals surface area contributed by atoms with Crippen molar-refractivity contribution in [2.45, 2.75) is 58.4 Å². The highest BCUT2D eigenvalue weighted by molar-refractivity contribution is 6.20. The SMILES string of the molecule is CCCCOc1ccc(-c2nn(-c3ccccc3)cc2/C=C2/C(=O)N(C3CCCC3)C(=O)C(C#N)=C2C)cc1F. The molecular formula is C32H31FN4O3. The molecular weight excluding hydrogens is 507 g/mol. The van der Waals surface area contributed by atoms with E-state index >= 15 is 4.39 Å². The number of nitrogens with zero attached hydrogens (tertiary/aromatic N) is 4. The van der Waals surface area contributed by atoms with E-state index in [0.717, 1.165) is 44.2 Å². The van der Waals surface area contributed by atoms with E-state index in [-0.39, 0.29) is 22.9 Å². The molecule has 1 saturated carbocycles. The van der Waals surface area contributed by atoms with Crippen LogP contribution in [0.1, 0.15) is 57.9 Å². The Morgan fingerprint density at radius 1 is 1.12 bits per heavy atom. The summed E-state index contributed by atoms with van der Waals surface area (Å²) in [7, 11) is 0. The molecule has 1 fully saturated rings. The predicted octanol–water partition coefficient (Wildman–Crippen LogP) is 6.39. The van der Waals surface area contributed by atoms with Crippen molar-refractivity contribution in [1.82, 2.24) is 14.7 Å². The molecule has 0 N–H and O–H groups in total. The van der Waals surface area contributed by atoms with Gasteiger partial charge in [0.25, 0.3) is 11.8 Å². The molecule has 1 aromatic heterocycles. The lowest BCUT2D eigenvalue weighted by Gasteiger charge is -2.32. The Bertz CT molecular complexity index is 1540. The molecule has 2 heterocycles. The van der Waals surface area contributed by atoms with Crippen molar-refractivity contribution < 1.29 is 18.7 Å². The first-order chi connectivity index (χ1) is 19.4. The van der Waals surface area contributed by atoms with E-state index in [1.165, 1.54) is 11.0 Å². The monoisotopic (exact) mass is 538 g/mol. The largest absolute Gasteiger partial charge is 0.491 e. The highest BCUT2D eigenvalue weighted by Gasteiger charge is 2.40. The normalized spacial score (nSPS) is 17.1. The van der Waals surface area contributed by atoms with Crippen LogP contribution in [0.4, 0.5) is 4.39 Å². The van der Waals surface area contributed by atoms with Gasteiger partial charge in [0, 0.05) is 28.9 Å². The fourth-order valence-electron chi connectivity index (χ4n) is 5.27. The predicted molar refractivity (Wildman–Crippen MR) is 150 cm³/mol. The first-order valence-corrected chi connectivity index (χ1v) is 13.7. The van der Waals surface area contributed by atoms with Crippen molar-refractivity contribution in [3.05, 3.63) is 82.8 Å². The molecule has 0 bridgehead atoms. The average Bonchev–Trinajstić information content (AvgIpc) is 3.64. The summed E-state index contributed by atoms with van der Waals surface area (Å²) in [6.07, 6.45) is 8.52. The summed E-state index contributed by atoms with van der Waals surface area (Å²) >= 11 is 0. The van der Waals surface area contributed by atoms with Gasteiger partial charge in [0.2, 0.25) is 0 Å². The fraction of sp³-hybridized carbons (Fsp3) is 0.312. The van der Waals surface area contributed by atoms with E-state index < -0.39 is 17.6 Å². The van der Waals surface area contributed by atoms with Crippen LogP contribution in [0.2, 0.25) is 0 Å². The van der Waals surface area contributed by atoms with E-state index in [9.17, 15) is 14.9 Å². The van der Waals surface area contributed by atoms with E-state index in [2.05, 4.69) is 0 Å². The van der Waals surface area contributed by atoms with Crippen molar-refractivity contribution in [3.8, 4) is 28.8 Å². The van der Waals surface area contributed by atoms with Crippen LogP contribution < -0.4 is 4.74 Å². The number of benzene rings is 2. The van der Waals surface area contributed by atoms with Gasteiger partial charge >= 0.3 is 0 Å². The second-order valence-corrected chi connectivity index (χ2v) is 10.1. The quantitative estimate of drug-likeness (QED) is 0.188. The van der Waals surface area contributed by atoms with Crippen LogP contribution in [0.5, 0.6) is 5.75 Å². The zero-order valence-corrected chi connectivity index (χ0v) is 22.7. The second-order valence-electron chi connectivity index (χ2n) is 10.1. The van der Waals surface area contributed by atoms with Gasteiger partial charge in [-0.2, -0.15) is 10.4 Å². The van der Waals surface area contributed by atoms with Gasteiger partial charge in [0.15, 0.2) is 11.6 Å². The molecule has 3 aromatic rings. The van der Waals surface area contributed by atoms with Gasteiger partial charge in [-0.25, -0.2) is 9.07 Å².